The SMILES string of the molecule is Cc1ccc(S(=O)(=O)NCCNC(=O)CN(Cc2ccccc2)S(=O)(=O)c2ccc(Cl)cc2)cc1. The largest absolute Gasteiger partial charge is 0.354 e. The van der Waals surface area contributed by atoms with Gasteiger partial charge in [-0.1, -0.05) is 59.6 Å². The van der Waals surface area contributed by atoms with Gasteiger partial charge in [0.1, 0.15) is 0 Å². The molecule has 3 rings (SSSR count). The van der Waals surface area contributed by atoms with E-state index in [0.29, 0.717) is 10.6 Å². The summed E-state index contributed by atoms with van der Waals surface area (Å²) in [5, 5.41) is 2.96. The molecule has 3 aromatic carbocycles. The molecule has 11 heteroatoms. The van der Waals surface area contributed by atoms with Crippen molar-refractivity contribution in [3.05, 3.63) is 95.0 Å². The van der Waals surface area contributed by atoms with Crippen LogP contribution >= 0.6 is 11.6 Å². The summed E-state index contributed by atoms with van der Waals surface area (Å²) in [5.41, 5.74) is 1.65. The van der Waals surface area contributed by atoms with E-state index in [1.54, 1.807) is 36.4 Å². The molecule has 35 heavy (non-hydrogen) atoms. The van der Waals surface area contributed by atoms with Crippen LogP contribution in [0.5, 0.6) is 0 Å². The summed E-state index contributed by atoms with van der Waals surface area (Å²) >= 11 is 5.88. The zero-order valence-corrected chi connectivity index (χ0v) is 21.4. The second-order valence-electron chi connectivity index (χ2n) is 7.77. The van der Waals surface area contributed by atoms with Gasteiger partial charge in [0.25, 0.3) is 0 Å². The molecule has 2 N–H and O–H groups in total. The van der Waals surface area contributed by atoms with Gasteiger partial charge in [0, 0.05) is 24.7 Å². The molecule has 0 aromatic heterocycles. The highest BCUT2D eigenvalue weighted by Crippen LogP contribution is 2.20. The number of sulfonamides is 2. The number of carbonyl (C=O) groups excluding carboxylic acids is 1. The smallest absolute Gasteiger partial charge is 0.243 e. The number of aryl methyl sites for hydroxylation is 1. The monoisotopic (exact) mass is 535 g/mol. The lowest BCUT2D eigenvalue weighted by Gasteiger charge is -2.22. The first kappa shape index (κ1) is 26.8. The van der Waals surface area contributed by atoms with Gasteiger partial charge in [-0.2, -0.15) is 4.31 Å². The summed E-state index contributed by atoms with van der Waals surface area (Å²) in [6.07, 6.45) is 0. The lowest BCUT2D eigenvalue weighted by atomic mass is 10.2. The average molecular weight is 536 g/mol. The van der Waals surface area contributed by atoms with E-state index in [1.165, 1.54) is 36.4 Å². The van der Waals surface area contributed by atoms with Crippen LogP contribution in [0.2, 0.25) is 5.02 Å². The fraction of sp³-hybridized carbons (Fsp3) is 0.208. The fourth-order valence-electron chi connectivity index (χ4n) is 3.17. The van der Waals surface area contributed by atoms with E-state index in [1.807, 2.05) is 13.0 Å². The number of rotatable bonds is 11. The number of carbonyl (C=O) groups is 1. The molecule has 0 radical (unpaired) electrons. The molecule has 0 heterocycles. The molecule has 0 saturated heterocycles. The maximum absolute atomic E-state index is 13.2. The Bertz CT molecular complexity index is 1350. The predicted octanol–water partition coefficient (Wildman–Crippen LogP) is 2.93. The van der Waals surface area contributed by atoms with Crippen molar-refractivity contribution in [2.24, 2.45) is 0 Å². The molecule has 0 aliphatic rings. The Morgan fingerprint density at radius 1 is 0.829 bits per heavy atom. The Morgan fingerprint density at radius 2 is 1.43 bits per heavy atom. The van der Waals surface area contributed by atoms with E-state index < -0.39 is 32.5 Å². The van der Waals surface area contributed by atoms with E-state index >= 15 is 0 Å². The molecule has 3 aromatic rings. The van der Waals surface area contributed by atoms with E-state index in [2.05, 4.69) is 10.0 Å². The van der Waals surface area contributed by atoms with Gasteiger partial charge in [0.2, 0.25) is 26.0 Å². The van der Waals surface area contributed by atoms with Crippen molar-refractivity contribution >= 4 is 37.6 Å². The minimum atomic E-state index is -4.00. The molecule has 0 fully saturated rings. The van der Waals surface area contributed by atoms with Crippen LogP contribution in [0.3, 0.4) is 0 Å². The van der Waals surface area contributed by atoms with Gasteiger partial charge in [-0.15, -0.1) is 0 Å². The molecule has 0 saturated carbocycles. The number of hydrogen-bond acceptors (Lipinski definition) is 5. The standard InChI is InChI=1S/C24H26ClN3O5S2/c1-19-7-11-22(12-8-19)34(30,31)27-16-15-26-24(29)18-28(17-20-5-3-2-4-6-20)35(32,33)23-13-9-21(25)10-14-23/h2-14,27H,15-18H2,1H3,(H,26,29). The molecular formula is C24H26ClN3O5S2. The quantitative estimate of drug-likeness (QED) is 0.367. The Morgan fingerprint density at radius 3 is 2.06 bits per heavy atom. The summed E-state index contributed by atoms with van der Waals surface area (Å²) in [5.74, 6) is -0.562. The zero-order valence-electron chi connectivity index (χ0n) is 19.0. The third-order valence-corrected chi connectivity index (χ3v) is 8.58. The van der Waals surface area contributed by atoms with Crippen LogP contribution in [-0.4, -0.2) is 46.7 Å². The van der Waals surface area contributed by atoms with Crippen molar-refractivity contribution in [2.75, 3.05) is 19.6 Å². The number of nitrogens with one attached hydrogen (secondary N) is 2. The van der Waals surface area contributed by atoms with Crippen LogP contribution in [0.15, 0.2) is 88.7 Å². The van der Waals surface area contributed by atoms with Gasteiger partial charge in [0.05, 0.1) is 16.3 Å². The minimum absolute atomic E-state index is 0.00983. The first-order chi connectivity index (χ1) is 16.6. The van der Waals surface area contributed by atoms with Crippen molar-refractivity contribution in [2.45, 2.75) is 23.3 Å². The Kier molecular flexibility index (Phi) is 9.03. The molecule has 8 nitrogen and oxygen atoms in total. The van der Waals surface area contributed by atoms with Crippen LogP contribution < -0.4 is 10.0 Å². The van der Waals surface area contributed by atoms with E-state index in [0.717, 1.165) is 9.87 Å². The normalized spacial score (nSPS) is 12.0. The maximum atomic E-state index is 13.2. The van der Waals surface area contributed by atoms with Crippen LogP contribution in [-0.2, 0) is 31.4 Å². The lowest BCUT2D eigenvalue weighted by Crippen LogP contribution is -2.42. The Labute approximate surface area is 211 Å². The zero-order chi connectivity index (χ0) is 25.5. The number of halogens is 1. The van der Waals surface area contributed by atoms with E-state index in [4.69, 9.17) is 11.6 Å². The van der Waals surface area contributed by atoms with Gasteiger partial charge in [-0.3, -0.25) is 4.79 Å². The van der Waals surface area contributed by atoms with Gasteiger partial charge in [-0.25, -0.2) is 21.6 Å². The van der Waals surface area contributed by atoms with Crippen LogP contribution in [0, 0.1) is 6.92 Å². The lowest BCUT2D eigenvalue weighted by molar-refractivity contribution is -0.121. The second-order valence-corrected chi connectivity index (χ2v) is 11.9. The highest BCUT2D eigenvalue weighted by Gasteiger charge is 2.27. The van der Waals surface area contributed by atoms with Crippen molar-refractivity contribution in [1.29, 1.82) is 0 Å². The first-order valence-electron chi connectivity index (χ1n) is 10.7. The molecule has 0 atom stereocenters. The molecule has 0 bridgehead atoms. The van der Waals surface area contributed by atoms with Gasteiger partial charge < -0.3 is 5.32 Å². The Balaban J connectivity index is 1.64. The van der Waals surface area contributed by atoms with Crippen LogP contribution in [0.1, 0.15) is 11.1 Å². The summed E-state index contributed by atoms with van der Waals surface area (Å²) in [7, 11) is -7.72. The minimum Gasteiger partial charge on any atom is -0.354 e. The molecule has 186 valence electrons. The highest BCUT2D eigenvalue weighted by atomic mass is 35.5. The van der Waals surface area contributed by atoms with Crippen molar-refractivity contribution < 1.29 is 21.6 Å². The highest BCUT2D eigenvalue weighted by molar-refractivity contribution is 7.89. The molecular weight excluding hydrogens is 510 g/mol. The summed E-state index contributed by atoms with van der Waals surface area (Å²) in [6.45, 7) is 1.34. The number of benzene rings is 3. The Hall–Kier alpha value is -2.76. The van der Waals surface area contributed by atoms with Crippen molar-refractivity contribution in [3.8, 4) is 0 Å². The number of amides is 1. The van der Waals surface area contributed by atoms with E-state index in [9.17, 15) is 21.6 Å². The third kappa shape index (κ3) is 7.61. The molecule has 0 aliphatic heterocycles. The molecule has 1 amide bonds. The molecule has 0 aliphatic carbocycles. The second kappa shape index (κ2) is 11.8. The van der Waals surface area contributed by atoms with Crippen molar-refractivity contribution in [3.63, 3.8) is 0 Å². The topological polar surface area (TPSA) is 113 Å². The van der Waals surface area contributed by atoms with Crippen LogP contribution in [0.25, 0.3) is 0 Å². The number of nitrogens with zero attached hydrogens (tertiary/aromatic N) is 1. The maximum Gasteiger partial charge on any atom is 0.243 e. The van der Waals surface area contributed by atoms with Gasteiger partial charge in [-0.05, 0) is 48.9 Å². The van der Waals surface area contributed by atoms with Crippen LogP contribution in [0.4, 0.5) is 0 Å². The predicted molar refractivity (Wildman–Crippen MR) is 135 cm³/mol. The van der Waals surface area contributed by atoms with Gasteiger partial charge in [0.15, 0.2) is 0 Å². The fourth-order valence-corrected chi connectivity index (χ4v) is 5.71. The molecule has 0 unspecified atom stereocenters. The average Bonchev–Trinajstić information content (AvgIpc) is 2.83. The van der Waals surface area contributed by atoms with Crippen molar-refractivity contribution in [1.82, 2.24) is 14.3 Å². The summed E-state index contributed by atoms with van der Waals surface area (Å²) in [4.78, 5) is 12.7. The number of hydrogen-bond donors (Lipinski definition) is 2. The summed E-state index contributed by atoms with van der Waals surface area (Å²) < 4.78 is 54.7. The molecule has 0 spiro atoms. The first-order valence-corrected chi connectivity index (χ1v) is 14.0. The van der Waals surface area contributed by atoms with Gasteiger partial charge >= 0.3 is 0 Å². The van der Waals surface area contributed by atoms with E-state index in [-0.39, 0.29) is 29.4 Å². The summed E-state index contributed by atoms with van der Waals surface area (Å²) in [6, 6.07) is 21.0. The third-order valence-electron chi connectivity index (χ3n) is 5.04.